The highest BCUT2D eigenvalue weighted by Crippen LogP contribution is 2.34. The molecule has 0 aliphatic carbocycles. The SMILES string of the molecule is O=C(Nc1ccccc1C(F)(F)F)c1ccc2nccn2c1. The summed E-state index contributed by atoms with van der Waals surface area (Å²) in [5.74, 6) is -0.618. The first-order chi connectivity index (χ1) is 10.4. The molecule has 0 aliphatic rings. The lowest BCUT2D eigenvalue weighted by molar-refractivity contribution is -0.136. The van der Waals surface area contributed by atoms with Gasteiger partial charge in [0.05, 0.1) is 16.8 Å². The highest BCUT2D eigenvalue weighted by Gasteiger charge is 2.33. The fourth-order valence-corrected chi connectivity index (χ4v) is 2.09. The van der Waals surface area contributed by atoms with E-state index in [2.05, 4.69) is 10.3 Å². The van der Waals surface area contributed by atoms with Gasteiger partial charge in [-0.05, 0) is 24.3 Å². The van der Waals surface area contributed by atoms with Crippen LogP contribution in [0, 0.1) is 0 Å². The Balaban J connectivity index is 1.91. The third kappa shape index (κ3) is 2.65. The molecule has 2 aromatic heterocycles. The van der Waals surface area contributed by atoms with E-state index in [1.54, 1.807) is 22.9 Å². The molecule has 3 aromatic rings. The molecule has 7 heteroatoms. The van der Waals surface area contributed by atoms with E-state index in [1.165, 1.54) is 30.5 Å². The molecule has 1 N–H and O–H groups in total. The van der Waals surface area contributed by atoms with Crippen molar-refractivity contribution in [2.24, 2.45) is 0 Å². The van der Waals surface area contributed by atoms with E-state index < -0.39 is 17.6 Å². The summed E-state index contributed by atoms with van der Waals surface area (Å²) in [5, 5.41) is 2.30. The first-order valence-corrected chi connectivity index (χ1v) is 6.35. The fraction of sp³-hybridized carbons (Fsp3) is 0.0667. The number of aromatic nitrogens is 2. The molecule has 0 aliphatic heterocycles. The van der Waals surface area contributed by atoms with Crippen LogP contribution in [-0.2, 0) is 6.18 Å². The maximum atomic E-state index is 12.9. The zero-order chi connectivity index (χ0) is 15.7. The molecule has 0 unspecified atom stereocenters. The number of amides is 1. The second kappa shape index (κ2) is 5.18. The number of carbonyl (C=O) groups is 1. The van der Waals surface area contributed by atoms with Gasteiger partial charge in [-0.3, -0.25) is 4.79 Å². The van der Waals surface area contributed by atoms with Crippen LogP contribution in [0.1, 0.15) is 15.9 Å². The molecule has 0 atom stereocenters. The Labute approximate surface area is 123 Å². The average molecular weight is 305 g/mol. The maximum absolute atomic E-state index is 12.9. The first kappa shape index (κ1) is 14.1. The van der Waals surface area contributed by atoms with Gasteiger partial charge in [0.1, 0.15) is 5.65 Å². The standard InChI is InChI=1S/C15H10F3N3O/c16-15(17,18)11-3-1-2-4-12(11)20-14(22)10-5-6-13-19-7-8-21(13)9-10/h1-9H,(H,20,22). The minimum absolute atomic E-state index is 0.238. The largest absolute Gasteiger partial charge is 0.418 e. The van der Waals surface area contributed by atoms with E-state index in [9.17, 15) is 18.0 Å². The summed E-state index contributed by atoms with van der Waals surface area (Å²) in [4.78, 5) is 16.2. The van der Waals surface area contributed by atoms with Crippen molar-refractivity contribution in [3.8, 4) is 0 Å². The van der Waals surface area contributed by atoms with Crippen LogP contribution in [0.25, 0.3) is 5.65 Å². The molecule has 0 radical (unpaired) electrons. The van der Waals surface area contributed by atoms with Gasteiger partial charge in [-0.15, -0.1) is 0 Å². The third-order valence-electron chi connectivity index (χ3n) is 3.13. The Morgan fingerprint density at radius 2 is 1.91 bits per heavy atom. The van der Waals surface area contributed by atoms with Crippen molar-refractivity contribution in [3.05, 3.63) is 66.1 Å². The predicted octanol–water partition coefficient (Wildman–Crippen LogP) is 3.61. The normalized spacial score (nSPS) is 11.6. The number of benzene rings is 1. The molecule has 0 fully saturated rings. The van der Waals surface area contributed by atoms with Gasteiger partial charge in [-0.1, -0.05) is 12.1 Å². The molecule has 0 bridgehead atoms. The Kier molecular flexibility index (Phi) is 3.32. The highest BCUT2D eigenvalue weighted by molar-refractivity contribution is 6.04. The van der Waals surface area contributed by atoms with E-state index in [0.717, 1.165) is 6.07 Å². The summed E-state index contributed by atoms with van der Waals surface area (Å²) in [5.41, 5.74) is -0.271. The molecule has 112 valence electrons. The number of imidazole rings is 1. The van der Waals surface area contributed by atoms with Crippen molar-refractivity contribution in [1.82, 2.24) is 9.38 Å². The Hall–Kier alpha value is -2.83. The second-order valence-corrected chi connectivity index (χ2v) is 4.61. The molecule has 0 saturated heterocycles. The summed E-state index contributed by atoms with van der Waals surface area (Å²) in [6, 6.07) is 7.98. The van der Waals surface area contributed by atoms with Crippen LogP contribution in [0.3, 0.4) is 0 Å². The van der Waals surface area contributed by atoms with E-state index in [4.69, 9.17) is 0 Å². The summed E-state index contributed by atoms with van der Waals surface area (Å²) in [6.45, 7) is 0. The molecular formula is C15H10F3N3O. The number of alkyl halides is 3. The first-order valence-electron chi connectivity index (χ1n) is 6.35. The van der Waals surface area contributed by atoms with Crippen molar-refractivity contribution >= 4 is 17.2 Å². The Bertz CT molecular complexity index is 839. The van der Waals surface area contributed by atoms with E-state index in [-0.39, 0.29) is 11.3 Å². The van der Waals surface area contributed by atoms with Crippen LogP contribution in [-0.4, -0.2) is 15.3 Å². The van der Waals surface area contributed by atoms with E-state index in [0.29, 0.717) is 5.65 Å². The lowest BCUT2D eigenvalue weighted by atomic mass is 10.1. The van der Waals surface area contributed by atoms with E-state index in [1.807, 2.05) is 0 Å². The molecule has 22 heavy (non-hydrogen) atoms. The number of hydrogen-bond acceptors (Lipinski definition) is 2. The minimum Gasteiger partial charge on any atom is -0.321 e. The minimum atomic E-state index is -4.53. The number of nitrogens with zero attached hydrogens (tertiary/aromatic N) is 2. The van der Waals surface area contributed by atoms with Gasteiger partial charge >= 0.3 is 6.18 Å². The van der Waals surface area contributed by atoms with Gasteiger partial charge in [0.25, 0.3) is 5.91 Å². The lowest BCUT2D eigenvalue weighted by Crippen LogP contribution is -2.17. The van der Waals surface area contributed by atoms with Crippen LogP contribution in [0.2, 0.25) is 0 Å². The predicted molar refractivity (Wildman–Crippen MR) is 74.6 cm³/mol. The zero-order valence-electron chi connectivity index (χ0n) is 11.1. The number of anilines is 1. The topological polar surface area (TPSA) is 46.4 Å². The molecular weight excluding hydrogens is 295 g/mol. The number of hydrogen-bond donors (Lipinski definition) is 1. The van der Waals surface area contributed by atoms with Crippen molar-refractivity contribution in [2.75, 3.05) is 5.32 Å². The monoisotopic (exact) mass is 305 g/mol. The second-order valence-electron chi connectivity index (χ2n) is 4.61. The third-order valence-corrected chi connectivity index (χ3v) is 3.13. The fourth-order valence-electron chi connectivity index (χ4n) is 2.09. The van der Waals surface area contributed by atoms with Gasteiger partial charge in [-0.25, -0.2) is 4.98 Å². The number of fused-ring (bicyclic) bond motifs is 1. The number of carbonyl (C=O) groups excluding carboxylic acids is 1. The Morgan fingerprint density at radius 1 is 1.14 bits per heavy atom. The summed E-state index contributed by atoms with van der Waals surface area (Å²) in [6.07, 6.45) is 0.192. The molecule has 3 rings (SSSR count). The van der Waals surface area contributed by atoms with Crippen LogP contribution in [0.4, 0.5) is 18.9 Å². The molecule has 1 aromatic carbocycles. The summed E-state index contributed by atoms with van der Waals surface area (Å²) >= 11 is 0. The lowest BCUT2D eigenvalue weighted by Gasteiger charge is -2.13. The van der Waals surface area contributed by atoms with Crippen molar-refractivity contribution in [1.29, 1.82) is 0 Å². The quantitative estimate of drug-likeness (QED) is 0.786. The number of rotatable bonds is 2. The van der Waals surface area contributed by atoms with Crippen LogP contribution < -0.4 is 5.32 Å². The van der Waals surface area contributed by atoms with Gasteiger partial charge < -0.3 is 9.72 Å². The van der Waals surface area contributed by atoms with Gasteiger partial charge in [0.15, 0.2) is 0 Å². The van der Waals surface area contributed by atoms with Crippen molar-refractivity contribution in [3.63, 3.8) is 0 Å². The van der Waals surface area contributed by atoms with Gasteiger partial charge in [0, 0.05) is 18.6 Å². The van der Waals surface area contributed by atoms with Crippen LogP contribution in [0.5, 0.6) is 0 Å². The Morgan fingerprint density at radius 3 is 2.68 bits per heavy atom. The maximum Gasteiger partial charge on any atom is 0.418 e. The number of nitrogens with one attached hydrogen (secondary N) is 1. The van der Waals surface area contributed by atoms with E-state index >= 15 is 0 Å². The summed E-state index contributed by atoms with van der Waals surface area (Å²) in [7, 11) is 0. The molecule has 2 heterocycles. The van der Waals surface area contributed by atoms with Crippen LogP contribution in [0.15, 0.2) is 55.0 Å². The summed E-state index contributed by atoms with van der Waals surface area (Å²) < 4.78 is 40.3. The van der Waals surface area contributed by atoms with Crippen molar-refractivity contribution < 1.29 is 18.0 Å². The molecule has 0 saturated carbocycles. The average Bonchev–Trinajstić information content (AvgIpc) is 2.94. The smallest absolute Gasteiger partial charge is 0.321 e. The number of pyridine rings is 1. The highest BCUT2D eigenvalue weighted by atomic mass is 19.4. The number of para-hydroxylation sites is 1. The van der Waals surface area contributed by atoms with Gasteiger partial charge in [0.2, 0.25) is 0 Å². The number of halogens is 3. The van der Waals surface area contributed by atoms with Gasteiger partial charge in [-0.2, -0.15) is 13.2 Å². The molecule has 4 nitrogen and oxygen atoms in total. The zero-order valence-corrected chi connectivity index (χ0v) is 11.1. The molecule has 0 spiro atoms. The van der Waals surface area contributed by atoms with Crippen molar-refractivity contribution in [2.45, 2.75) is 6.18 Å². The molecule has 1 amide bonds. The van der Waals surface area contributed by atoms with Crippen LogP contribution >= 0.6 is 0 Å².